The third-order valence-corrected chi connectivity index (χ3v) is 2.31. The summed E-state index contributed by atoms with van der Waals surface area (Å²) in [4.78, 5) is 11.7. The fraction of sp³-hybridized carbons (Fsp3) is 0.273. The molecule has 0 aliphatic rings. The molecule has 2 rings (SSSR count). The van der Waals surface area contributed by atoms with E-state index in [1.54, 1.807) is 36.7 Å². The summed E-state index contributed by atoms with van der Waals surface area (Å²) in [6.45, 7) is 3.89. The van der Waals surface area contributed by atoms with Gasteiger partial charge in [-0.25, -0.2) is 9.31 Å². The summed E-state index contributed by atoms with van der Waals surface area (Å²) < 4.78 is 6.60. The minimum atomic E-state index is -0.361. The molecule has 0 spiro atoms. The molecule has 2 N–H and O–H groups in total. The number of hydrogen-bond acceptors (Lipinski definition) is 4. The molecule has 0 atom stereocenters. The lowest BCUT2D eigenvalue weighted by Gasteiger charge is -2.01. The Labute approximate surface area is 92.8 Å². The van der Waals surface area contributed by atoms with E-state index in [0.717, 1.165) is 0 Å². The van der Waals surface area contributed by atoms with Crippen LogP contribution in [0.15, 0.2) is 18.3 Å². The van der Waals surface area contributed by atoms with Gasteiger partial charge in [0.15, 0.2) is 0 Å². The van der Waals surface area contributed by atoms with Crippen molar-refractivity contribution < 1.29 is 9.53 Å². The van der Waals surface area contributed by atoms with Crippen molar-refractivity contribution >= 4 is 17.2 Å². The second-order valence-corrected chi connectivity index (χ2v) is 3.47. The number of ether oxygens (including phenoxy) is 1. The molecule has 2 aromatic heterocycles. The van der Waals surface area contributed by atoms with Gasteiger partial charge in [-0.1, -0.05) is 0 Å². The molecule has 0 amide bonds. The average molecular weight is 219 g/mol. The van der Waals surface area contributed by atoms with Crippen LogP contribution in [0.25, 0.3) is 5.52 Å². The minimum absolute atomic E-state index is 0.345. The lowest BCUT2D eigenvalue weighted by molar-refractivity contribution is 0.0528. The van der Waals surface area contributed by atoms with E-state index < -0.39 is 0 Å². The monoisotopic (exact) mass is 219 g/mol. The maximum Gasteiger partial charge on any atom is 0.342 e. The second kappa shape index (κ2) is 3.84. The predicted octanol–water partition coefficient (Wildman–Crippen LogP) is 1.40. The van der Waals surface area contributed by atoms with E-state index in [9.17, 15) is 4.79 Å². The summed E-state index contributed by atoms with van der Waals surface area (Å²) in [7, 11) is 0. The smallest absolute Gasteiger partial charge is 0.342 e. The van der Waals surface area contributed by atoms with E-state index in [1.807, 2.05) is 0 Å². The predicted molar refractivity (Wildman–Crippen MR) is 60.3 cm³/mol. The van der Waals surface area contributed by atoms with Crippen molar-refractivity contribution in [1.82, 2.24) is 9.61 Å². The molecule has 0 aromatic carbocycles. The highest BCUT2D eigenvalue weighted by Crippen LogP contribution is 2.18. The number of esters is 1. The molecule has 0 saturated heterocycles. The van der Waals surface area contributed by atoms with Crippen LogP contribution in [0, 0.1) is 6.92 Å². The van der Waals surface area contributed by atoms with Gasteiger partial charge in [0.2, 0.25) is 0 Å². The zero-order valence-corrected chi connectivity index (χ0v) is 9.23. The summed E-state index contributed by atoms with van der Waals surface area (Å²) in [5, 5.41) is 4.22. The number of aryl methyl sites for hydroxylation is 1. The zero-order chi connectivity index (χ0) is 11.7. The third kappa shape index (κ3) is 1.60. The van der Waals surface area contributed by atoms with Crippen LogP contribution in [-0.4, -0.2) is 22.2 Å². The molecule has 84 valence electrons. The molecule has 0 unspecified atom stereocenters. The Morgan fingerprint density at radius 1 is 1.62 bits per heavy atom. The highest BCUT2D eigenvalue weighted by atomic mass is 16.5. The van der Waals surface area contributed by atoms with Crippen molar-refractivity contribution in [1.29, 1.82) is 0 Å². The Hall–Kier alpha value is -2.04. The first-order valence-electron chi connectivity index (χ1n) is 5.05. The first-order valence-corrected chi connectivity index (χ1v) is 5.05. The number of pyridine rings is 1. The second-order valence-electron chi connectivity index (χ2n) is 3.47. The van der Waals surface area contributed by atoms with Crippen LogP contribution in [0.3, 0.4) is 0 Å². The SMILES string of the molecule is CCOC(=O)c1c(C)nn2ccc(N)cc12. The van der Waals surface area contributed by atoms with Crippen LogP contribution in [0.5, 0.6) is 0 Å². The summed E-state index contributed by atoms with van der Waals surface area (Å²) in [6, 6.07) is 3.45. The van der Waals surface area contributed by atoms with E-state index in [-0.39, 0.29) is 5.97 Å². The normalized spacial score (nSPS) is 10.6. The van der Waals surface area contributed by atoms with Crippen molar-refractivity contribution in [2.75, 3.05) is 12.3 Å². The summed E-state index contributed by atoms with van der Waals surface area (Å²) in [5.74, 6) is -0.361. The summed E-state index contributed by atoms with van der Waals surface area (Å²) >= 11 is 0. The Bertz CT molecular complexity index is 545. The largest absolute Gasteiger partial charge is 0.462 e. The van der Waals surface area contributed by atoms with Gasteiger partial charge >= 0.3 is 5.97 Å². The van der Waals surface area contributed by atoms with Gasteiger partial charge in [0.1, 0.15) is 5.56 Å². The number of anilines is 1. The first-order chi connectivity index (χ1) is 7.63. The number of aromatic nitrogens is 2. The number of nitrogen functional groups attached to an aromatic ring is 1. The summed E-state index contributed by atoms with van der Waals surface area (Å²) in [6.07, 6.45) is 1.72. The maximum atomic E-state index is 11.7. The van der Waals surface area contributed by atoms with Crippen molar-refractivity contribution in [3.05, 3.63) is 29.6 Å². The Morgan fingerprint density at radius 2 is 2.38 bits per heavy atom. The third-order valence-electron chi connectivity index (χ3n) is 2.31. The molecule has 0 radical (unpaired) electrons. The lowest BCUT2D eigenvalue weighted by Crippen LogP contribution is -2.05. The number of carbonyl (C=O) groups excluding carboxylic acids is 1. The van der Waals surface area contributed by atoms with E-state index in [4.69, 9.17) is 10.5 Å². The van der Waals surface area contributed by atoms with Gasteiger partial charge in [0, 0.05) is 11.9 Å². The number of hydrogen-bond donors (Lipinski definition) is 1. The van der Waals surface area contributed by atoms with Crippen molar-refractivity contribution in [2.45, 2.75) is 13.8 Å². The van der Waals surface area contributed by atoms with E-state index >= 15 is 0 Å². The number of fused-ring (bicyclic) bond motifs is 1. The van der Waals surface area contributed by atoms with Gasteiger partial charge < -0.3 is 10.5 Å². The van der Waals surface area contributed by atoms with Gasteiger partial charge in [-0.05, 0) is 26.0 Å². The van der Waals surface area contributed by atoms with E-state index in [2.05, 4.69) is 5.10 Å². The zero-order valence-electron chi connectivity index (χ0n) is 9.23. The van der Waals surface area contributed by atoms with Crippen LogP contribution in [0.4, 0.5) is 5.69 Å². The molecule has 0 bridgehead atoms. The van der Waals surface area contributed by atoms with Crippen molar-refractivity contribution in [3.63, 3.8) is 0 Å². The lowest BCUT2D eigenvalue weighted by atomic mass is 10.2. The first kappa shape index (κ1) is 10.5. The number of carbonyl (C=O) groups is 1. The molecule has 2 aromatic rings. The van der Waals surface area contributed by atoms with E-state index in [1.165, 1.54) is 0 Å². The Kier molecular flexibility index (Phi) is 2.52. The molecule has 0 aliphatic carbocycles. The molecule has 5 nitrogen and oxygen atoms in total. The molecule has 0 fully saturated rings. The molecule has 0 saturated carbocycles. The van der Waals surface area contributed by atoms with Gasteiger partial charge in [-0.3, -0.25) is 0 Å². The van der Waals surface area contributed by atoms with Crippen LogP contribution < -0.4 is 5.73 Å². The summed E-state index contributed by atoms with van der Waals surface area (Å²) in [5.41, 5.74) is 8.08. The van der Waals surface area contributed by atoms with Gasteiger partial charge in [-0.15, -0.1) is 0 Å². The van der Waals surface area contributed by atoms with Crippen molar-refractivity contribution in [3.8, 4) is 0 Å². The van der Waals surface area contributed by atoms with E-state index in [0.29, 0.717) is 29.1 Å². The average Bonchev–Trinajstić information content (AvgIpc) is 2.53. The molecule has 16 heavy (non-hydrogen) atoms. The standard InChI is InChI=1S/C11H13N3O2/c1-3-16-11(15)10-7(2)13-14-5-4-8(12)6-9(10)14/h4-6H,3,12H2,1-2H3. The molecule has 0 aliphatic heterocycles. The van der Waals surface area contributed by atoms with Crippen LogP contribution in [-0.2, 0) is 4.74 Å². The quantitative estimate of drug-likeness (QED) is 0.775. The number of rotatable bonds is 2. The van der Waals surface area contributed by atoms with Crippen LogP contribution in [0.2, 0.25) is 0 Å². The number of nitrogens with two attached hydrogens (primary N) is 1. The molecule has 5 heteroatoms. The van der Waals surface area contributed by atoms with Gasteiger partial charge in [0.05, 0.1) is 17.8 Å². The van der Waals surface area contributed by atoms with Crippen LogP contribution in [0.1, 0.15) is 23.0 Å². The highest BCUT2D eigenvalue weighted by molar-refractivity contribution is 5.98. The Morgan fingerprint density at radius 3 is 3.06 bits per heavy atom. The number of nitrogens with zero attached hydrogens (tertiary/aromatic N) is 2. The van der Waals surface area contributed by atoms with Crippen LogP contribution >= 0.6 is 0 Å². The minimum Gasteiger partial charge on any atom is -0.462 e. The van der Waals surface area contributed by atoms with Crippen molar-refractivity contribution in [2.24, 2.45) is 0 Å². The Balaban J connectivity index is 2.62. The molecular weight excluding hydrogens is 206 g/mol. The maximum absolute atomic E-state index is 11.7. The topological polar surface area (TPSA) is 69.6 Å². The molecular formula is C11H13N3O2. The van der Waals surface area contributed by atoms with Gasteiger partial charge in [-0.2, -0.15) is 5.10 Å². The fourth-order valence-electron chi connectivity index (χ4n) is 1.64. The molecule has 2 heterocycles. The fourth-order valence-corrected chi connectivity index (χ4v) is 1.64. The van der Waals surface area contributed by atoms with Gasteiger partial charge in [0.25, 0.3) is 0 Å². The highest BCUT2D eigenvalue weighted by Gasteiger charge is 2.17.